The second-order valence-electron chi connectivity index (χ2n) is 4.73. The molecule has 1 aromatic heterocycles. The van der Waals surface area contributed by atoms with Crippen molar-refractivity contribution >= 4 is 11.9 Å². The van der Waals surface area contributed by atoms with Crippen LogP contribution in [0.4, 0.5) is 0 Å². The van der Waals surface area contributed by atoms with Crippen LogP contribution in [0.2, 0.25) is 0 Å². The zero-order chi connectivity index (χ0) is 15.2. The lowest BCUT2D eigenvalue weighted by Crippen LogP contribution is -2.36. The van der Waals surface area contributed by atoms with Gasteiger partial charge in [-0.05, 0) is 12.5 Å². The lowest BCUT2D eigenvalue weighted by molar-refractivity contribution is -0.144. The average molecular weight is 288 g/mol. The van der Waals surface area contributed by atoms with E-state index >= 15 is 0 Å². The van der Waals surface area contributed by atoms with E-state index in [0.717, 1.165) is 5.56 Å². The van der Waals surface area contributed by atoms with E-state index in [2.05, 4.69) is 5.16 Å². The van der Waals surface area contributed by atoms with Crippen molar-refractivity contribution in [1.82, 2.24) is 10.1 Å². The van der Waals surface area contributed by atoms with E-state index in [1.165, 1.54) is 4.90 Å². The number of hydrogen-bond acceptors (Lipinski definition) is 4. The molecule has 1 amide bonds. The van der Waals surface area contributed by atoms with E-state index in [9.17, 15) is 9.59 Å². The van der Waals surface area contributed by atoms with Crippen molar-refractivity contribution in [3.8, 4) is 0 Å². The molecule has 1 aromatic carbocycles. The van der Waals surface area contributed by atoms with Crippen LogP contribution in [0.5, 0.6) is 0 Å². The van der Waals surface area contributed by atoms with Gasteiger partial charge in [-0.15, -0.1) is 0 Å². The van der Waals surface area contributed by atoms with Gasteiger partial charge in [-0.1, -0.05) is 35.5 Å². The SMILES string of the molecule is Cc1cc(CC(=O)N(CC(=O)O)Cc2ccccc2)no1. The number of aliphatic carboxylic acids is 1. The van der Waals surface area contributed by atoms with Crippen molar-refractivity contribution in [3.63, 3.8) is 0 Å². The molecule has 0 aliphatic rings. The van der Waals surface area contributed by atoms with Crippen LogP contribution in [0, 0.1) is 6.92 Å². The molecule has 0 unspecified atom stereocenters. The van der Waals surface area contributed by atoms with Gasteiger partial charge in [-0.25, -0.2) is 0 Å². The number of carbonyl (C=O) groups is 2. The molecular formula is C15H16N2O4. The first-order chi connectivity index (χ1) is 10.0. The summed E-state index contributed by atoms with van der Waals surface area (Å²) in [6, 6.07) is 10.9. The maximum Gasteiger partial charge on any atom is 0.323 e. The predicted molar refractivity (Wildman–Crippen MR) is 74.4 cm³/mol. The molecule has 0 aliphatic carbocycles. The third kappa shape index (κ3) is 4.45. The van der Waals surface area contributed by atoms with Gasteiger partial charge in [0.1, 0.15) is 12.3 Å². The number of aromatic nitrogens is 1. The summed E-state index contributed by atoms with van der Waals surface area (Å²) in [5.74, 6) is -0.726. The summed E-state index contributed by atoms with van der Waals surface area (Å²) >= 11 is 0. The first-order valence-electron chi connectivity index (χ1n) is 6.50. The van der Waals surface area contributed by atoms with Crippen LogP contribution in [0.1, 0.15) is 17.0 Å². The number of benzene rings is 1. The first kappa shape index (κ1) is 14.8. The molecule has 0 bridgehead atoms. The van der Waals surface area contributed by atoms with Crippen LogP contribution >= 0.6 is 0 Å². The van der Waals surface area contributed by atoms with Crippen molar-refractivity contribution in [2.45, 2.75) is 19.9 Å². The van der Waals surface area contributed by atoms with Gasteiger partial charge in [0.05, 0.1) is 12.1 Å². The van der Waals surface area contributed by atoms with Gasteiger partial charge in [-0.3, -0.25) is 9.59 Å². The number of carboxylic acid groups (broad SMARTS) is 1. The lowest BCUT2D eigenvalue weighted by atomic mass is 10.2. The van der Waals surface area contributed by atoms with E-state index in [1.54, 1.807) is 13.0 Å². The van der Waals surface area contributed by atoms with Crippen LogP contribution in [-0.4, -0.2) is 33.6 Å². The first-order valence-corrected chi connectivity index (χ1v) is 6.50. The van der Waals surface area contributed by atoms with Crippen molar-refractivity contribution in [1.29, 1.82) is 0 Å². The molecular weight excluding hydrogens is 272 g/mol. The van der Waals surface area contributed by atoms with Gasteiger partial charge in [0, 0.05) is 12.6 Å². The van der Waals surface area contributed by atoms with E-state index in [4.69, 9.17) is 9.63 Å². The number of amides is 1. The Balaban J connectivity index is 2.07. The number of aryl methyl sites for hydroxylation is 1. The summed E-state index contributed by atoms with van der Waals surface area (Å²) < 4.78 is 4.91. The van der Waals surface area contributed by atoms with Gasteiger partial charge < -0.3 is 14.5 Å². The lowest BCUT2D eigenvalue weighted by Gasteiger charge is -2.20. The number of rotatable bonds is 6. The van der Waals surface area contributed by atoms with Gasteiger partial charge >= 0.3 is 5.97 Å². The highest BCUT2D eigenvalue weighted by molar-refractivity contribution is 5.82. The molecule has 1 heterocycles. The summed E-state index contributed by atoms with van der Waals surface area (Å²) in [6.07, 6.45) is 0.0253. The second kappa shape index (κ2) is 6.69. The van der Waals surface area contributed by atoms with Gasteiger partial charge in [0.15, 0.2) is 0 Å². The van der Waals surface area contributed by atoms with Crippen LogP contribution < -0.4 is 0 Å². The molecule has 0 aliphatic heterocycles. The molecule has 6 nitrogen and oxygen atoms in total. The third-order valence-corrected chi connectivity index (χ3v) is 2.90. The number of carboxylic acids is 1. The fourth-order valence-electron chi connectivity index (χ4n) is 1.97. The van der Waals surface area contributed by atoms with E-state index in [0.29, 0.717) is 11.5 Å². The highest BCUT2D eigenvalue weighted by atomic mass is 16.5. The number of nitrogens with zero attached hydrogens (tertiary/aromatic N) is 2. The summed E-state index contributed by atoms with van der Waals surface area (Å²) in [5, 5.41) is 12.7. The molecule has 2 rings (SSSR count). The minimum absolute atomic E-state index is 0.0253. The predicted octanol–water partition coefficient (Wildman–Crippen LogP) is 1.64. The molecule has 0 saturated carbocycles. The Bertz CT molecular complexity index is 622. The Labute approximate surface area is 122 Å². The van der Waals surface area contributed by atoms with E-state index < -0.39 is 5.97 Å². The minimum Gasteiger partial charge on any atom is -0.480 e. The van der Waals surface area contributed by atoms with Gasteiger partial charge in [-0.2, -0.15) is 0 Å². The number of hydrogen-bond donors (Lipinski definition) is 1. The van der Waals surface area contributed by atoms with Crippen LogP contribution in [0.3, 0.4) is 0 Å². The van der Waals surface area contributed by atoms with Crippen molar-refractivity contribution in [2.75, 3.05) is 6.54 Å². The Morgan fingerprint density at radius 3 is 2.57 bits per heavy atom. The molecule has 0 spiro atoms. The average Bonchev–Trinajstić information content (AvgIpc) is 2.84. The fourth-order valence-corrected chi connectivity index (χ4v) is 1.97. The van der Waals surface area contributed by atoms with E-state index in [1.807, 2.05) is 30.3 Å². The topological polar surface area (TPSA) is 83.6 Å². The summed E-state index contributed by atoms with van der Waals surface area (Å²) in [4.78, 5) is 24.5. The van der Waals surface area contributed by atoms with Crippen LogP contribution in [-0.2, 0) is 22.6 Å². The summed E-state index contributed by atoms with van der Waals surface area (Å²) in [6.45, 7) is 1.65. The van der Waals surface area contributed by atoms with Gasteiger partial charge in [0.2, 0.25) is 5.91 Å². The smallest absolute Gasteiger partial charge is 0.323 e. The molecule has 21 heavy (non-hydrogen) atoms. The highest BCUT2D eigenvalue weighted by Crippen LogP contribution is 2.09. The molecule has 0 atom stereocenters. The van der Waals surface area contributed by atoms with E-state index in [-0.39, 0.29) is 25.4 Å². The molecule has 0 fully saturated rings. The monoisotopic (exact) mass is 288 g/mol. The molecule has 2 aromatic rings. The molecule has 1 N–H and O–H groups in total. The minimum atomic E-state index is -1.05. The molecule has 0 saturated heterocycles. The zero-order valence-corrected chi connectivity index (χ0v) is 11.7. The Morgan fingerprint density at radius 2 is 2.00 bits per heavy atom. The Hall–Kier alpha value is -2.63. The summed E-state index contributed by atoms with van der Waals surface area (Å²) in [7, 11) is 0. The quantitative estimate of drug-likeness (QED) is 0.873. The maximum absolute atomic E-state index is 12.2. The number of carbonyl (C=O) groups excluding carboxylic acids is 1. The van der Waals surface area contributed by atoms with Crippen molar-refractivity contribution in [3.05, 3.63) is 53.4 Å². The zero-order valence-electron chi connectivity index (χ0n) is 11.7. The van der Waals surface area contributed by atoms with Crippen LogP contribution in [0.15, 0.2) is 40.9 Å². The largest absolute Gasteiger partial charge is 0.480 e. The Morgan fingerprint density at radius 1 is 1.29 bits per heavy atom. The van der Waals surface area contributed by atoms with Crippen LogP contribution in [0.25, 0.3) is 0 Å². The normalized spacial score (nSPS) is 10.3. The molecule has 0 radical (unpaired) electrons. The molecule has 110 valence electrons. The second-order valence-corrected chi connectivity index (χ2v) is 4.73. The maximum atomic E-state index is 12.2. The Kier molecular flexibility index (Phi) is 4.71. The van der Waals surface area contributed by atoms with Gasteiger partial charge in [0.25, 0.3) is 0 Å². The highest BCUT2D eigenvalue weighted by Gasteiger charge is 2.19. The summed E-state index contributed by atoms with van der Waals surface area (Å²) in [5.41, 5.74) is 1.38. The standard InChI is InChI=1S/C15H16N2O4/c1-11-7-13(16-21-11)8-14(18)17(10-15(19)20)9-12-5-3-2-4-6-12/h2-7H,8-10H2,1H3,(H,19,20). The fraction of sp³-hybridized carbons (Fsp3) is 0.267. The van der Waals surface area contributed by atoms with Crippen molar-refractivity contribution < 1.29 is 19.2 Å². The third-order valence-electron chi connectivity index (χ3n) is 2.90. The molecule has 6 heteroatoms. The van der Waals surface area contributed by atoms with Crippen molar-refractivity contribution in [2.24, 2.45) is 0 Å².